The van der Waals surface area contributed by atoms with Crippen molar-refractivity contribution in [1.82, 2.24) is 15.5 Å². The Bertz CT molecular complexity index is 289. The van der Waals surface area contributed by atoms with Crippen LogP contribution >= 0.6 is 22.9 Å². The highest BCUT2D eigenvalue weighted by atomic mass is 35.5. The van der Waals surface area contributed by atoms with Gasteiger partial charge in [-0.05, 0) is 6.42 Å². The van der Waals surface area contributed by atoms with E-state index in [0.29, 0.717) is 6.54 Å². The van der Waals surface area contributed by atoms with Crippen molar-refractivity contribution in [3.8, 4) is 0 Å². The third-order valence-electron chi connectivity index (χ3n) is 1.37. The number of alkyl halides is 1. The summed E-state index contributed by atoms with van der Waals surface area (Å²) in [5.41, 5.74) is 0. The van der Waals surface area contributed by atoms with E-state index in [1.54, 1.807) is 0 Å². The van der Waals surface area contributed by atoms with Gasteiger partial charge in [0.1, 0.15) is 15.9 Å². The van der Waals surface area contributed by atoms with Crippen LogP contribution in [0.2, 0.25) is 0 Å². The summed E-state index contributed by atoms with van der Waals surface area (Å²) in [6.45, 7) is 2.44. The van der Waals surface area contributed by atoms with Crippen molar-refractivity contribution in [2.45, 2.75) is 19.9 Å². The van der Waals surface area contributed by atoms with Gasteiger partial charge < -0.3 is 5.32 Å². The zero-order valence-corrected chi connectivity index (χ0v) is 8.78. The normalized spacial score (nSPS) is 10.0. The maximum absolute atomic E-state index is 10.8. The van der Waals surface area contributed by atoms with Crippen LogP contribution in [0.4, 0.5) is 0 Å². The van der Waals surface area contributed by atoms with Crippen molar-refractivity contribution >= 4 is 28.8 Å². The minimum absolute atomic E-state index is 0.0144. The number of aromatic nitrogens is 2. The molecule has 0 unspecified atom stereocenters. The molecule has 13 heavy (non-hydrogen) atoms. The Hall–Kier alpha value is -0.680. The molecular weight excluding hydrogens is 210 g/mol. The number of amides is 1. The minimum Gasteiger partial charge on any atom is -0.348 e. The number of aryl methyl sites for hydroxylation is 1. The predicted molar refractivity (Wildman–Crippen MR) is 51.9 cm³/mol. The van der Waals surface area contributed by atoms with Crippen LogP contribution in [0.25, 0.3) is 0 Å². The van der Waals surface area contributed by atoms with Crippen molar-refractivity contribution in [2.75, 3.05) is 5.88 Å². The van der Waals surface area contributed by atoms with Gasteiger partial charge in [0, 0.05) is 0 Å². The predicted octanol–water partition coefficient (Wildman–Crippen LogP) is 0.956. The van der Waals surface area contributed by atoms with Gasteiger partial charge in [-0.3, -0.25) is 4.79 Å². The highest BCUT2D eigenvalue weighted by molar-refractivity contribution is 7.11. The zero-order chi connectivity index (χ0) is 9.68. The van der Waals surface area contributed by atoms with Crippen molar-refractivity contribution in [2.24, 2.45) is 0 Å². The molecule has 0 saturated carbocycles. The van der Waals surface area contributed by atoms with Crippen molar-refractivity contribution < 1.29 is 4.79 Å². The second-order valence-corrected chi connectivity index (χ2v) is 3.77. The van der Waals surface area contributed by atoms with E-state index in [1.165, 1.54) is 11.3 Å². The monoisotopic (exact) mass is 219 g/mol. The Morgan fingerprint density at radius 2 is 2.23 bits per heavy atom. The van der Waals surface area contributed by atoms with Gasteiger partial charge in [-0.2, -0.15) is 0 Å². The number of hydrogen-bond donors (Lipinski definition) is 1. The molecule has 0 aliphatic carbocycles. The van der Waals surface area contributed by atoms with Crippen LogP contribution in [0.3, 0.4) is 0 Å². The molecule has 0 radical (unpaired) electrons. The Kier molecular flexibility index (Phi) is 4.11. The average molecular weight is 220 g/mol. The highest BCUT2D eigenvalue weighted by Gasteiger charge is 2.03. The molecule has 0 aliphatic rings. The third-order valence-corrected chi connectivity index (χ3v) is 2.68. The largest absolute Gasteiger partial charge is 0.348 e. The summed E-state index contributed by atoms with van der Waals surface area (Å²) in [7, 11) is 0. The molecule has 1 aromatic rings. The maximum atomic E-state index is 10.8. The molecule has 1 N–H and O–H groups in total. The molecule has 0 saturated heterocycles. The smallest absolute Gasteiger partial charge is 0.235 e. The fraction of sp³-hybridized carbons (Fsp3) is 0.571. The fourth-order valence-corrected chi connectivity index (χ4v) is 1.54. The van der Waals surface area contributed by atoms with Crippen LogP contribution in [0.5, 0.6) is 0 Å². The molecule has 0 atom stereocenters. The second-order valence-electron chi connectivity index (χ2n) is 2.35. The van der Waals surface area contributed by atoms with Gasteiger partial charge in [-0.25, -0.2) is 0 Å². The van der Waals surface area contributed by atoms with E-state index >= 15 is 0 Å². The van der Waals surface area contributed by atoms with Crippen LogP contribution < -0.4 is 5.32 Å². The first-order valence-electron chi connectivity index (χ1n) is 3.90. The van der Waals surface area contributed by atoms with Crippen LogP contribution in [0.15, 0.2) is 0 Å². The molecule has 1 amide bonds. The lowest BCUT2D eigenvalue weighted by Gasteiger charge is -1.96. The lowest BCUT2D eigenvalue weighted by atomic mass is 10.5. The first-order chi connectivity index (χ1) is 6.26. The van der Waals surface area contributed by atoms with Crippen LogP contribution in [0.1, 0.15) is 16.9 Å². The highest BCUT2D eigenvalue weighted by Crippen LogP contribution is 2.09. The van der Waals surface area contributed by atoms with Crippen molar-refractivity contribution in [3.05, 3.63) is 10.0 Å². The van der Waals surface area contributed by atoms with Gasteiger partial charge >= 0.3 is 0 Å². The Morgan fingerprint density at radius 1 is 1.54 bits per heavy atom. The Morgan fingerprint density at radius 3 is 2.77 bits per heavy atom. The van der Waals surface area contributed by atoms with E-state index in [4.69, 9.17) is 11.6 Å². The minimum atomic E-state index is -0.185. The van der Waals surface area contributed by atoms with Crippen molar-refractivity contribution in [1.29, 1.82) is 0 Å². The number of hydrogen-bond acceptors (Lipinski definition) is 4. The molecule has 0 spiro atoms. The van der Waals surface area contributed by atoms with Crippen LogP contribution in [-0.4, -0.2) is 22.0 Å². The van der Waals surface area contributed by atoms with E-state index in [1.807, 2.05) is 6.92 Å². The summed E-state index contributed by atoms with van der Waals surface area (Å²) >= 11 is 6.81. The molecule has 0 fully saturated rings. The molecule has 1 heterocycles. The lowest BCUT2D eigenvalue weighted by Crippen LogP contribution is -2.23. The number of nitrogens with zero attached hydrogens (tertiary/aromatic N) is 2. The molecule has 4 nitrogen and oxygen atoms in total. The average Bonchev–Trinajstić information content (AvgIpc) is 2.61. The number of rotatable bonds is 4. The van der Waals surface area contributed by atoms with Crippen LogP contribution in [-0.2, 0) is 17.8 Å². The van der Waals surface area contributed by atoms with Crippen LogP contribution in [0, 0.1) is 0 Å². The topological polar surface area (TPSA) is 54.9 Å². The molecule has 0 bridgehead atoms. The van der Waals surface area contributed by atoms with Gasteiger partial charge in [0.15, 0.2) is 0 Å². The molecule has 0 aromatic carbocycles. The lowest BCUT2D eigenvalue weighted by molar-refractivity contribution is -0.118. The maximum Gasteiger partial charge on any atom is 0.235 e. The molecule has 1 aromatic heterocycles. The van der Waals surface area contributed by atoms with E-state index in [9.17, 15) is 4.79 Å². The third kappa shape index (κ3) is 3.28. The Balaban J connectivity index is 2.41. The number of halogens is 1. The SMILES string of the molecule is CCc1nnc(CNC(=O)CCl)s1. The fourth-order valence-electron chi connectivity index (χ4n) is 0.724. The summed E-state index contributed by atoms with van der Waals surface area (Å²) in [5, 5.41) is 12.2. The standard InChI is InChI=1S/C7H10ClN3OS/c1-2-6-10-11-7(13-6)4-9-5(12)3-8/h2-4H2,1H3,(H,9,12). The first kappa shape index (κ1) is 10.4. The molecule has 0 aliphatic heterocycles. The van der Waals surface area contributed by atoms with E-state index < -0.39 is 0 Å². The van der Waals surface area contributed by atoms with Gasteiger partial charge in [0.25, 0.3) is 0 Å². The second kappa shape index (κ2) is 5.14. The molecular formula is C7H10ClN3OS. The first-order valence-corrected chi connectivity index (χ1v) is 5.25. The van der Waals surface area contributed by atoms with Gasteiger partial charge in [0.05, 0.1) is 6.54 Å². The number of carbonyl (C=O) groups is 1. The number of nitrogens with one attached hydrogen (secondary N) is 1. The quantitative estimate of drug-likeness (QED) is 0.768. The molecule has 6 heteroatoms. The summed E-state index contributed by atoms with van der Waals surface area (Å²) < 4.78 is 0. The van der Waals surface area contributed by atoms with Gasteiger partial charge in [-0.1, -0.05) is 18.3 Å². The summed E-state index contributed by atoms with van der Waals surface area (Å²) in [5.74, 6) is -0.200. The molecule has 1 rings (SSSR count). The summed E-state index contributed by atoms with van der Waals surface area (Å²) in [6, 6.07) is 0. The summed E-state index contributed by atoms with van der Waals surface area (Å²) in [6.07, 6.45) is 0.876. The van der Waals surface area contributed by atoms with Gasteiger partial charge in [-0.15, -0.1) is 21.8 Å². The molecule has 72 valence electrons. The summed E-state index contributed by atoms with van der Waals surface area (Å²) in [4.78, 5) is 10.8. The Labute approximate surface area is 85.3 Å². The zero-order valence-electron chi connectivity index (χ0n) is 7.21. The van der Waals surface area contributed by atoms with E-state index in [-0.39, 0.29) is 11.8 Å². The number of carbonyl (C=O) groups excluding carboxylic acids is 1. The van der Waals surface area contributed by atoms with Gasteiger partial charge in [0.2, 0.25) is 5.91 Å². The van der Waals surface area contributed by atoms with E-state index in [0.717, 1.165) is 16.4 Å². The van der Waals surface area contributed by atoms with E-state index in [2.05, 4.69) is 15.5 Å². The van der Waals surface area contributed by atoms with Crippen molar-refractivity contribution in [3.63, 3.8) is 0 Å².